The van der Waals surface area contributed by atoms with Gasteiger partial charge in [0.15, 0.2) is 0 Å². The summed E-state index contributed by atoms with van der Waals surface area (Å²) in [6, 6.07) is 1.73. The normalized spacial score (nSPS) is 13.4. The molecule has 0 spiro atoms. The molecule has 4 nitrogen and oxygen atoms in total. The van der Waals surface area contributed by atoms with Gasteiger partial charge in [-0.15, -0.1) is 0 Å². The van der Waals surface area contributed by atoms with Gasteiger partial charge in [0.05, 0.1) is 0 Å². The molecule has 0 aromatic carbocycles. The summed E-state index contributed by atoms with van der Waals surface area (Å²) in [5, 5.41) is 11.9. The number of anilines is 1. The molecule has 0 amide bonds. The molecule has 1 rings (SSSR count). The van der Waals surface area contributed by atoms with E-state index >= 15 is 0 Å². The Kier molecular flexibility index (Phi) is 1.94. The first kappa shape index (κ1) is 7.11. The summed E-state index contributed by atoms with van der Waals surface area (Å²) < 4.78 is 0. The standard InChI is InChI=1S/C6H11N3O/c1-8-6(10)4-2-3-9-5(4)7/h2-3,6,8-10H,7H2,1H3. The number of aromatic amines is 1. The molecule has 56 valence electrons. The van der Waals surface area contributed by atoms with Crippen LogP contribution in [0.2, 0.25) is 0 Å². The van der Waals surface area contributed by atoms with Crippen molar-refractivity contribution in [3.05, 3.63) is 17.8 Å². The number of hydrogen-bond acceptors (Lipinski definition) is 3. The van der Waals surface area contributed by atoms with Crippen LogP contribution in [0, 0.1) is 0 Å². The summed E-state index contributed by atoms with van der Waals surface area (Å²) >= 11 is 0. The van der Waals surface area contributed by atoms with E-state index in [0.717, 1.165) is 0 Å². The molecule has 1 aromatic heterocycles. The summed E-state index contributed by atoms with van der Waals surface area (Å²) in [7, 11) is 1.66. The van der Waals surface area contributed by atoms with Crippen molar-refractivity contribution in [2.24, 2.45) is 0 Å². The van der Waals surface area contributed by atoms with Crippen LogP contribution < -0.4 is 11.1 Å². The fourth-order valence-electron chi connectivity index (χ4n) is 0.788. The SMILES string of the molecule is CNC(O)c1cc[nH]c1N. The topological polar surface area (TPSA) is 74.1 Å². The first-order valence-electron chi connectivity index (χ1n) is 3.03. The lowest BCUT2D eigenvalue weighted by molar-refractivity contribution is 0.150. The third-order valence-electron chi connectivity index (χ3n) is 1.38. The fourth-order valence-corrected chi connectivity index (χ4v) is 0.788. The van der Waals surface area contributed by atoms with E-state index < -0.39 is 6.23 Å². The van der Waals surface area contributed by atoms with Crippen LogP contribution in [0.25, 0.3) is 0 Å². The van der Waals surface area contributed by atoms with Crippen LogP contribution in [-0.4, -0.2) is 17.1 Å². The Balaban J connectivity index is 2.82. The molecule has 0 fully saturated rings. The number of aliphatic hydroxyl groups excluding tert-OH is 1. The summed E-state index contributed by atoms with van der Waals surface area (Å²) in [5.41, 5.74) is 6.14. The maximum Gasteiger partial charge on any atom is 0.134 e. The molecule has 0 aliphatic rings. The van der Waals surface area contributed by atoms with Crippen molar-refractivity contribution in [3.8, 4) is 0 Å². The molecule has 0 saturated carbocycles. The van der Waals surface area contributed by atoms with Gasteiger partial charge in [-0.25, -0.2) is 0 Å². The van der Waals surface area contributed by atoms with Gasteiger partial charge >= 0.3 is 0 Å². The fraction of sp³-hybridized carbons (Fsp3) is 0.333. The van der Waals surface area contributed by atoms with Gasteiger partial charge < -0.3 is 15.8 Å². The van der Waals surface area contributed by atoms with Crippen LogP contribution in [0.1, 0.15) is 11.8 Å². The molecular formula is C6H11N3O. The van der Waals surface area contributed by atoms with Gasteiger partial charge in [-0.1, -0.05) is 0 Å². The highest BCUT2D eigenvalue weighted by Crippen LogP contribution is 2.14. The number of nitrogens with two attached hydrogens (primary N) is 1. The zero-order valence-corrected chi connectivity index (χ0v) is 5.76. The monoisotopic (exact) mass is 141 g/mol. The van der Waals surface area contributed by atoms with Gasteiger partial charge in [-0.3, -0.25) is 5.32 Å². The molecular weight excluding hydrogens is 130 g/mol. The molecule has 10 heavy (non-hydrogen) atoms. The lowest BCUT2D eigenvalue weighted by Gasteiger charge is -2.06. The van der Waals surface area contributed by atoms with Gasteiger partial charge in [-0.2, -0.15) is 0 Å². The molecule has 0 radical (unpaired) electrons. The van der Waals surface area contributed by atoms with Gasteiger partial charge in [0.25, 0.3) is 0 Å². The van der Waals surface area contributed by atoms with Gasteiger partial charge in [0.2, 0.25) is 0 Å². The molecule has 5 N–H and O–H groups in total. The van der Waals surface area contributed by atoms with Crippen LogP contribution in [0.15, 0.2) is 12.3 Å². The Morgan fingerprint density at radius 2 is 2.50 bits per heavy atom. The maximum absolute atomic E-state index is 9.19. The quantitative estimate of drug-likeness (QED) is 0.431. The average molecular weight is 141 g/mol. The second kappa shape index (κ2) is 2.72. The lowest BCUT2D eigenvalue weighted by atomic mass is 10.3. The van der Waals surface area contributed by atoms with Crippen LogP contribution in [-0.2, 0) is 0 Å². The molecule has 0 aliphatic carbocycles. The largest absolute Gasteiger partial charge is 0.385 e. The second-order valence-corrected chi connectivity index (χ2v) is 2.04. The number of aromatic nitrogens is 1. The minimum atomic E-state index is -0.675. The first-order valence-corrected chi connectivity index (χ1v) is 3.03. The number of H-pyrrole nitrogens is 1. The molecule has 1 aromatic rings. The van der Waals surface area contributed by atoms with E-state index in [9.17, 15) is 5.11 Å². The number of aliphatic hydroxyl groups is 1. The average Bonchev–Trinajstić information content (AvgIpc) is 2.34. The Hall–Kier alpha value is -1.00. The van der Waals surface area contributed by atoms with Crippen molar-refractivity contribution in [3.63, 3.8) is 0 Å². The highest BCUT2D eigenvalue weighted by atomic mass is 16.3. The van der Waals surface area contributed by atoms with Crippen LogP contribution in [0.3, 0.4) is 0 Å². The minimum absolute atomic E-state index is 0.502. The van der Waals surface area contributed by atoms with Gasteiger partial charge in [0.1, 0.15) is 12.0 Å². The van der Waals surface area contributed by atoms with E-state index in [1.807, 2.05) is 0 Å². The third kappa shape index (κ3) is 1.12. The highest BCUT2D eigenvalue weighted by Gasteiger charge is 2.07. The van der Waals surface area contributed by atoms with Gasteiger partial charge in [0, 0.05) is 11.8 Å². The molecule has 0 aliphatic heterocycles. The first-order chi connectivity index (χ1) is 4.75. The van der Waals surface area contributed by atoms with Crippen LogP contribution >= 0.6 is 0 Å². The summed E-state index contributed by atoms with van der Waals surface area (Å²) in [6.07, 6.45) is 1.01. The summed E-state index contributed by atoms with van der Waals surface area (Å²) in [6.45, 7) is 0. The molecule has 4 heteroatoms. The summed E-state index contributed by atoms with van der Waals surface area (Å²) in [5.74, 6) is 0.502. The Morgan fingerprint density at radius 3 is 2.90 bits per heavy atom. The van der Waals surface area contributed by atoms with Gasteiger partial charge in [-0.05, 0) is 13.1 Å². The van der Waals surface area contributed by atoms with Crippen molar-refractivity contribution in [1.29, 1.82) is 0 Å². The maximum atomic E-state index is 9.19. The lowest BCUT2D eigenvalue weighted by Crippen LogP contribution is -2.15. The predicted molar refractivity (Wildman–Crippen MR) is 39.2 cm³/mol. The molecule has 1 unspecified atom stereocenters. The third-order valence-corrected chi connectivity index (χ3v) is 1.38. The Bertz CT molecular complexity index is 209. The van der Waals surface area contributed by atoms with Crippen molar-refractivity contribution in [1.82, 2.24) is 10.3 Å². The zero-order valence-electron chi connectivity index (χ0n) is 5.76. The van der Waals surface area contributed by atoms with E-state index in [1.54, 1.807) is 19.3 Å². The summed E-state index contributed by atoms with van der Waals surface area (Å²) in [4.78, 5) is 2.76. The van der Waals surface area contributed by atoms with Crippen LogP contribution in [0.5, 0.6) is 0 Å². The van der Waals surface area contributed by atoms with E-state index in [4.69, 9.17) is 5.73 Å². The molecule has 1 heterocycles. The van der Waals surface area contributed by atoms with E-state index in [1.165, 1.54) is 0 Å². The van der Waals surface area contributed by atoms with Crippen LogP contribution in [0.4, 0.5) is 5.82 Å². The number of nitrogens with one attached hydrogen (secondary N) is 2. The Labute approximate surface area is 59.1 Å². The number of hydrogen-bond donors (Lipinski definition) is 4. The molecule has 1 atom stereocenters. The number of nitrogen functional groups attached to an aromatic ring is 1. The van der Waals surface area contributed by atoms with Crippen molar-refractivity contribution >= 4 is 5.82 Å². The molecule has 0 saturated heterocycles. The molecule has 0 bridgehead atoms. The van der Waals surface area contributed by atoms with E-state index in [2.05, 4.69) is 10.3 Å². The smallest absolute Gasteiger partial charge is 0.134 e. The minimum Gasteiger partial charge on any atom is -0.385 e. The number of rotatable bonds is 2. The highest BCUT2D eigenvalue weighted by molar-refractivity contribution is 5.40. The Morgan fingerprint density at radius 1 is 1.80 bits per heavy atom. The van der Waals surface area contributed by atoms with Crippen molar-refractivity contribution in [2.45, 2.75) is 6.23 Å². The zero-order chi connectivity index (χ0) is 7.56. The van der Waals surface area contributed by atoms with Crippen molar-refractivity contribution < 1.29 is 5.11 Å². The van der Waals surface area contributed by atoms with Crippen molar-refractivity contribution in [2.75, 3.05) is 12.8 Å². The predicted octanol–water partition coefficient (Wildman–Crippen LogP) is -0.193. The van der Waals surface area contributed by atoms with E-state index in [-0.39, 0.29) is 0 Å². The van der Waals surface area contributed by atoms with E-state index in [0.29, 0.717) is 11.4 Å². The second-order valence-electron chi connectivity index (χ2n) is 2.04.